The molecule has 0 saturated heterocycles. The Labute approximate surface area is 105 Å². The van der Waals surface area contributed by atoms with Gasteiger partial charge in [0.25, 0.3) is 5.92 Å². The fraction of sp³-hybridized carbons (Fsp3) is 0.250. The predicted octanol–water partition coefficient (Wildman–Crippen LogP) is -0.960. The van der Waals surface area contributed by atoms with Crippen LogP contribution in [0.25, 0.3) is 0 Å². The van der Waals surface area contributed by atoms with Crippen LogP contribution < -0.4 is 29.6 Å². The van der Waals surface area contributed by atoms with Crippen LogP contribution in [0, 0.1) is 0 Å². The van der Waals surface area contributed by atoms with Gasteiger partial charge in [0.15, 0.2) is 0 Å². The Kier molecular flexibility index (Phi) is 5.39. The Hall–Kier alpha value is 0.190. The smallest absolute Gasteiger partial charge is 0.768 e. The molecule has 6 heteroatoms. The van der Waals surface area contributed by atoms with Gasteiger partial charge in [0.2, 0.25) is 0 Å². The van der Waals surface area contributed by atoms with Crippen LogP contribution >= 0.6 is 0 Å². The van der Waals surface area contributed by atoms with Crippen LogP contribution in [0.4, 0.5) is 8.78 Å². The zero-order valence-corrected chi connectivity index (χ0v) is 10.6. The maximum Gasteiger partial charge on any atom is 1.00 e. The van der Waals surface area contributed by atoms with E-state index in [4.69, 9.17) is 0 Å². The fourth-order valence-electron chi connectivity index (χ4n) is 0.859. The van der Waals surface area contributed by atoms with Gasteiger partial charge in [-0.2, -0.15) is 0 Å². The van der Waals surface area contributed by atoms with Crippen molar-refractivity contribution in [2.75, 3.05) is 0 Å². The molecule has 1 atom stereocenters. The van der Waals surface area contributed by atoms with E-state index in [1.165, 1.54) is 0 Å². The van der Waals surface area contributed by atoms with Crippen molar-refractivity contribution in [1.82, 2.24) is 0 Å². The second-order valence-electron chi connectivity index (χ2n) is 2.65. The minimum Gasteiger partial charge on any atom is -0.768 e. The van der Waals surface area contributed by atoms with Gasteiger partial charge in [-0.25, -0.2) is 8.78 Å². The van der Waals surface area contributed by atoms with Crippen molar-refractivity contribution < 1.29 is 47.1 Å². The van der Waals surface area contributed by atoms with E-state index in [1.54, 1.807) is 0 Å². The van der Waals surface area contributed by atoms with Gasteiger partial charge in [0.1, 0.15) is 0 Å². The fourth-order valence-corrected chi connectivity index (χ4v) is 1.22. The molecule has 1 unspecified atom stereocenters. The summed E-state index contributed by atoms with van der Waals surface area (Å²) in [5, 5.41) is 0. The Morgan fingerprint density at radius 3 is 2.00 bits per heavy atom. The Morgan fingerprint density at radius 1 is 1.29 bits per heavy atom. The summed E-state index contributed by atoms with van der Waals surface area (Å²) in [5.41, 5.74) is -0.193. The molecule has 1 rings (SSSR count). The predicted molar refractivity (Wildman–Crippen MR) is 43.2 cm³/mol. The zero-order chi connectivity index (χ0) is 10.1. The normalized spacial score (nSPS) is 13.1. The van der Waals surface area contributed by atoms with Gasteiger partial charge in [-0.05, 0) is 23.2 Å². The molecule has 0 aliphatic rings. The number of benzene rings is 1. The standard InChI is InChI=1S/C8H8F2O2S.Na/c1-8(9,10)6-2-4-7(5-3-6)13(11)12;/h2-5H,1H3,(H,11,12);/q;+1/p-1. The Morgan fingerprint density at radius 2 is 1.71 bits per heavy atom. The van der Waals surface area contributed by atoms with E-state index in [2.05, 4.69) is 0 Å². The first-order valence-corrected chi connectivity index (χ1v) is 4.56. The quantitative estimate of drug-likeness (QED) is 0.483. The van der Waals surface area contributed by atoms with Gasteiger partial charge in [-0.1, -0.05) is 12.1 Å². The molecule has 0 heterocycles. The van der Waals surface area contributed by atoms with Crippen molar-refractivity contribution in [3.63, 3.8) is 0 Å². The third-order valence-electron chi connectivity index (χ3n) is 1.55. The molecule has 0 bridgehead atoms. The first-order valence-electron chi connectivity index (χ1n) is 3.49. The minimum atomic E-state index is -2.93. The van der Waals surface area contributed by atoms with E-state index >= 15 is 0 Å². The van der Waals surface area contributed by atoms with Gasteiger partial charge in [-0.15, -0.1) is 0 Å². The summed E-state index contributed by atoms with van der Waals surface area (Å²) in [6.45, 7) is 0.760. The molecular weight excluding hydrogens is 221 g/mol. The molecule has 0 saturated carbocycles. The van der Waals surface area contributed by atoms with E-state index in [0.29, 0.717) is 0 Å². The molecule has 0 radical (unpaired) electrons. The van der Waals surface area contributed by atoms with Crippen LogP contribution in [-0.2, 0) is 17.0 Å². The Bertz CT molecular complexity index is 321. The van der Waals surface area contributed by atoms with Crippen molar-refractivity contribution in [3.05, 3.63) is 29.8 Å². The van der Waals surface area contributed by atoms with Gasteiger partial charge in [0, 0.05) is 17.4 Å². The topological polar surface area (TPSA) is 40.1 Å². The number of hydrogen-bond acceptors (Lipinski definition) is 2. The summed E-state index contributed by atoms with van der Waals surface area (Å²) in [4.78, 5) is 0.00741. The third-order valence-corrected chi connectivity index (χ3v) is 2.21. The summed E-state index contributed by atoms with van der Waals surface area (Å²) >= 11 is -2.36. The molecule has 0 aromatic heterocycles. The largest absolute Gasteiger partial charge is 1.00 e. The van der Waals surface area contributed by atoms with Crippen LogP contribution in [0.5, 0.6) is 0 Å². The van der Waals surface area contributed by atoms with Crippen LogP contribution in [0.2, 0.25) is 0 Å². The third kappa shape index (κ3) is 3.74. The summed E-state index contributed by atoms with van der Waals surface area (Å²) < 4.78 is 46.0. The summed E-state index contributed by atoms with van der Waals surface area (Å²) in [6, 6.07) is 4.50. The summed E-state index contributed by atoms with van der Waals surface area (Å²) in [5.74, 6) is -2.93. The SMILES string of the molecule is CC(F)(F)c1ccc(S(=O)[O-])cc1.[Na+]. The van der Waals surface area contributed by atoms with Crippen LogP contribution in [-0.4, -0.2) is 8.76 Å². The zero-order valence-electron chi connectivity index (χ0n) is 7.79. The second-order valence-corrected chi connectivity index (χ2v) is 3.59. The van der Waals surface area contributed by atoms with E-state index in [1.807, 2.05) is 0 Å². The molecule has 1 aromatic carbocycles. The molecule has 0 fully saturated rings. The van der Waals surface area contributed by atoms with E-state index in [9.17, 15) is 17.5 Å². The molecule has 1 aromatic rings. The van der Waals surface area contributed by atoms with Crippen molar-refractivity contribution >= 4 is 11.1 Å². The summed E-state index contributed by atoms with van der Waals surface area (Å²) in [7, 11) is 0. The van der Waals surface area contributed by atoms with Crippen molar-refractivity contribution in [2.24, 2.45) is 0 Å². The van der Waals surface area contributed by atoms with Crippen molar-refractivity contribution in [2.45, 2.75) is 17.7 Å². The molecule has 0 aliphatic heterocycles. The molecular formula is C8H7F2NaO2S. The number of halogens is 2. The van der Waals surface area contributed by atoms with E-state index in [-0.39, 0.29) is 40.0 Å². The first kappa shape index (κ1) is 14.2. The maximum atomic E-state index is 12.6. The number of rotatable bonds is 2. The average molecular weight is 228 g/mol. The molecule has 0 spiro atoms. The molecule has 72 valence electrons. The van der Waals surface area contributed by atoms with Crippen molar-refractivity contribution in [3.8, 4) is 0 Å². The van der Waals surface area contributed by atoms with E-state index < -0.39 is 17.0 Å². The number of hydrogen-bond donors (Lipinski definition) is 0. The Balaban J connectivity index is 0.00000169. The molecule has 14 heavy (non-hydrogen) atoms. The molecule has 0 amide bonds. The van der Waals surface area contributed by atoms with Gasteiger partial charge in [-0.3, -0.25) is 4.21 Å². The number of alkyl halides is 2. The summed E-state index contributed by atoms with van der Waals surface area (Å²) in [6.07, 6.45) is 0. The van der Waals surface area contributed by atoms with E-state index in [0.717, 1.165) is 31.2 Å². The second kappa shape index (κ2) is 5.32. The monoisotopic (exact) mass is 228 g/mol. The molecule has 0 aliphatic carbocycles. The minimum absolute atomic E-state index is 0. The molecule has 2 nitrogen and oxygen atoms in total. The van der Waals surface area contributed by atoms with Crippen LogP contribution in [0.3, 0.4) is 0 Å². The van der Waals surface area contributed by atoms with Crippen molar-refractivity contribution in [1.29, 1.82) is 0 Å². The first-order chi connectivity index (χ1) is 5.91. The average Bonchev–Trinajstić information content (AvgIpc) is 2.03. The van der Waals surface area contributed by atoms with Crippen LogP contribution in [0.15, 0.2) is 29.2 Å². The van der Waals surface area contributed by atoms with Gasteiger partial charge < -0.3 is 4.55 Å². The molecule has 0 N–H and O–H groups in total. The van der Waals surface area contributed by atoms with Gasteiger partial charge >= 0.3 is 29.6 Å². The van der Waals surface area contributed by atoms with Gasteiger partial charge in [0.05, 0.1) is 0 Å². The maximum absolute atomic E-state index is 12.6. The van der Waals surface area contributed by atoms with Crippen LogP contribution in [0.1, 0.15) is 12.5 Å².